The van der Waals surface area contributed by atoms with E-state index in [1.165, 1.54) is 92.6 Å². The Kier molecular flexibility index (Phi) is 48.6. The minimum Gasteiger partial charge on any atom is -0.381 e. The van der Waals surface area contributed by atoms with Gasteiger partial charge < -0.3 is 20.3 Å². The Morgan fingerprint density at radius 3 is 0.949 bits per heavy atom. The highest BCUT2D eigenvalue weighted by atomic mass is 35.6. The van der Waals surface area contributed by atoms with Crippen LogP contribution in [0.25, 0.3) is 0 Å². The Hall–Kier alpha value is -4.58. The molecule has 7 unspecified atom stereocenters. The summed E-state index contributed by atoms with van der Waals surface area (Å²) in [5.74, 6) is -0.110. The number of hydrogen-bond acceptors (Lipinski definition) is 20. The Morgan fingerprint density at radius 2 is 0.726 bits per heavy atom. The molecule has 29 nitrogen and oxygen atoms in total. The number of rotatable bonds is 19. The number of halogens is 3. The van der Waals surface area contributed by atoms with E-state index in [0.717, 1.165) is 35.5 Å². The molecular formula is C75H125Cl3N12O17S9Si. The largest absolute Gasteiger partial charge is 0.381 e. The van der Waals surface area contributed by atoms with Crippen LogP contribution < -0.4 is 45.7 Å². The lowest BCUT2D eigenvalue weighted by atomic mass is 10.1. The second-order valence-electron chi connectivity index (χ2n) is 31.4. The minimum absolute atomic E-state index is 0.0116. The fourth-order valence-corrected chi connectivity index (χ4v) is 16.8. The number of ketones is 1. The van der Waals surface area contributed by atoms with Crippen molar-refractivity contribution in [2.45, 2.75) is 228 Å². The highest BCUT2D eigenvalue weighted by Gasteiger charge is 2.39. The summed E-state index contributed by atoms with van der Waals surface area (Å²) in [4.78, 5) is 15.7. The van der Waals surface area contributed by atoms with Crippen LogP contribution in [0.4, 0.5) is 0 Å². The van der Waals surface area contributed by atoms with Crippen LogP contribution >= 0.6 is 34.8 Å². The van der Waals surface area contributed by atoms with Crippen molar-refractivity contribution in [1.29, 1.82) is 0 Å². The fourth-order valence-electron chi connectivity index (χ4n) is 7.91. The smallest absolute Gasteiger partial charge is 0.238 e. The van der Waals surface area contributed by atoms with Gasteiger partial charge in [-0.15, -0.1) is 0 Å². The number of primary sulfonamides is 5. The average Bonchev–Trinajstić information content (AvgIpc) is 1.54. The van der Waals surface area contributed by atoms with E-state index in [2.05, 4.69) is 46.1 Å². The number of Topliss-reactive ketones (excluding diaryl/α,β-unsaturated/α-hetero) is 1. The molecule has 6 aromatic carbocycles. The molecule has 7 atom stereocenters. The van der Waals surface area contributed by atoms with Crippen LogP contribution in [0.1, 0.15) is 200 Å². The van der Waals surface area contributed by atoms with Gasteiger partial charge in [-0.25, -0.2) is 97.9 Å². The summed E-state index contributed by atoms with van der Waals surface area (Å²) in [6, 6.07) is 38.0. The van der Waals surface area contributed by atoms with Gasteiger partial charge in [0.2, 0.25) is 60.1 Å². The standard InChI is InChI=1S/C16H30N2O2SSi.C12H20N2O3S2.C12H18N2O3S2.C10H16N2O2S.C8H12N2O2S.C8H9NO3S.C4H11NOS.C4H8O.CHCl3/c1-13(18(5)6)14-9-11-15(12-10-14)21(19,20)17-22(7,8)16(2,3)4;2*1-9(14-18(15)12(2,3)4)10-5-7-11(8-6-10)19(13,16)17;1-8(12(2)3)9-4-6-10(7-5-9)15(11,13)14;1-6(9)7-2-4-8(5-3-7)13(10,11)12;1-6(10)7-2-4-8(5-3-7)13(9,11)12;1-4(2,3)7(5)6;1-2-4-5-3-1;2-1(3)4/h9-13,17H,1-8H3;5-9,14H,1-4H3,(H2,13,16,17);5-8H,1-4H3,(H2,13,16,17);4-8H,1-3H3,(H2,11,13,14);2-6H,9H2,1H3,(H2,10,11,12);2-5H,1H3,(H2,9,11,12);5H2,1-3H3;1-4H2;1H. The van der Waals surface area contributed by atoms with Gasteiger partial charge in [0.25, 0.3) is 0 Å². The molecule has 117 heavy (non-hydrogen) atoms. The van der Waals surface area contributed by atoms with Crippen LogP contribution in [0.15, 0.2) is 179 Å². The lowest BCUT2D eigenvalue weighted by molar-refractivity contribution is 0.101. The number of carbonyl (C=O) groups excluding carboxylic acids is 1. The molecule has 0 saturated carbocycles. The number of nitrogens with zero attached hydrogens (tertiary/aromatic N) is 3. The molecule has 1 fully saturated rings. The summed E-state index contributed by atoms with van der Waals surface area (Å²) in [6.45, 7) is 40.0. The van der Waals surface area contributed by atoms with E-state index in [-0.39, 0.29) is 69.0 Å². The van der Waals surface area contributed by atoms with Crippen LogP contribution in [-0.2, 0) is 97.8 Å². The summed E-state index contributed by atoms with van der Waals surface area (Å²) < 4.78 is 183. The van der Waals surface area contributed by atoms with Crippen molar-refractivity contribution >= 4 is 148 Å². The first-order chi connectivity index (χ1) is 52.6. The van der Waals surface area contributed by atoms with E-state index in [9.17, 15) is 67.9 Å². The molecule has 0 radical (unpaired) electrons. The first-order valence-electron chi connectivity index (χ1n) is 35.8. The first-order valence-corrected chi connectivity index (χ1v) is 52.8. The predicted molar refractivity (Wildman–Crippen MR) is 483 cm³/mol. The number of carbonyl (C=O) groups is 1. The van der Waals surface area contributed by atoms with Gasteiger partial charge in [0.15, 0.2) is 10.1 Å². The van der Waals surface area contributed by atoms with Gasteiger partial charge in [-0.3, -0.25) is 9.93 Å². The molecule has 0 aromatic heterocycles. The quantitative estimate of drug-likeness (QED) is 0.0157. The summed E-state index contributed by atoms with van der Waals surface area (Å²) in [5, 5.41) is 29.8. The predicted octanol–water partition coefficient (Wildman–Crippen LogP) is 11.7. The lowest BCUT2D eigenvalue weighted by Crippen LogP contribution is -2.54. The second kappa shape index (κ2) is 49.6. The summed E-state index contributed by atoms with van der Waals surface area (Å²) in [7, 11) is -19.5. The number of nitrogens with one attached hydrogen (secondary N) is 2. The van der Waals surface area contributed by atoms with Crippen molar-refractivity contribution in [3.8, 4) is 0 Å². The molecule has 7 rings (SSSR count). The van der Waals surface area contributed by atoms with Gasteiger partial charge in [-0.2, -0.15) is 4.40 Å². The molecule has 0 amide bonds. The van der Waals surface area contributed by atoms with Crippen molar-refractivity contribution in [2.24, 2.45) is 41.0 Å². The van der Waals surface area contributed by atoms with Crippen molar-refractivity contribution < 1.29 is 72.7 Å². The molecule has 6 aromatic rings. The van der Waals surface area contributed by atoms with Crippen molar-refractivity contribution in [1.82, 2.24) is 18.9 Å². The molecule has 0 aliphatic carbocycles. The van der Waals surface area contributed by atoms with Crippen molar-refractivity contribution in [2.75, 3.05) is 41.4 Å². The number of alkyl halides is 3. The van der Waals surface area contributed by atoms with E-state index in [1.807, 2.05) is 141 Å². The topological polar surface area (TPSA) is 507 Å². The van der Waals surface area contributed by atoms with Gasteiger partial charge in [0.05, 0.1) is 71.3 Å². The maximum absolute atomic E-state index is 12.6. The molecule has 42 heteroatoms. The normalized spacial score (nSPS) is 14.9. The minimum atomic E-state index is -3.69. The SMILES string of the molecule is C1CCOC1.CC(=NS(=O)C(C)(C)C)c1ccc(S(N)(=O)=O)cc1.CC(=O)c1ccc(S(N)(=O)=O)cc1.CC(C)(C)S(N)=O.CC(N)c1ccc(S(N)(=O)=O)cc1.CC(NS(=O)C(C)(C)C)c1ccc(S(N)(=O)=O)cc1.CC(c1ccc(S(=O)(=O)N[Si](C)(C)C(C)(C)C)cc1)N(C)C.CC(c1ccc(S(N)(=O)=O)cc1)N(C)C.ClC(Cl)Cl. The third kappa shape index (κ3) is 46.5. The van der Waals surface area contributed by atoms with Crippen molar-refractivity contribution in [3.63, 3.8) is 0 Å². The number of sulfonamides is 6. The number of benzene rings is 6. The molecule has 0 bridgehead atoms. The number of nitrogens with two attached hydrogens (primary N) is 7. The highest BCUT2D eigenvalue weighted by Crippen LogP contribution is 2.35. The zero-order valence-corrected chi connectivity index (χ0v) is 81.8. The Bertz CT molecular complexity index is 4890. The maximum Gasteiger partial charge on any atom is 0.238 e. The van der Waals surface area contributed by atoms with Crippen LogP contribution in [0.3, 0.4) is 0 Å². The van der Waals surface area contributed by atoms with Gasteiger partial charge in [-0.05, 0) is 251 Å². The summed E-state index contributed by atoms with van der Waals surface area (Å²) >= 11 is 14.4. The van der Waals surface area contributed by atoms with Gasteiger partial charge in [-0.1, -0.05) is 141 Å². The Balaban J connectivity index is 0. The second-order valence-corrected chi connectivity index (χ2v) is 53.9. The Morgan fingerprint density at radius 1 is 0.462 bits per heavy atom. The molecule has 1 aliphatic rings. The van der Waals surface area contributed by atoms with Crippen molar-refractivity contribution in [3.05, 3.63) is 179 Å². The van der Waals surface area contributed by atoms with E-state index in [1.54, 1.807) is 67.6 Å². The highest BCUT2D eigenvalue weighted by molar-refractivity contribution is 7.91. The van der Waals surface area contributed by atoms with Crippen LogP contribution in [0.2, 0.25) is 18.1 Å². The summed E-state index contributed by atoms with van der Waals surface area (Å²) in [6.07, 6.45) is 2.56. The molecule has 666 valence electrons. The first kappa shape index (κ1) is 114. The molecule has 16 N–H and O–H groups in total. The maximum atomic E-state index is 12.6. The number of ether oxygens (including phenoxy) is 1. The van der Waals surface area contributed by atoms with E-state index >= 15 is 0 Å². The molecule has 1 saturated heterocycles. The van der Waals surface area contributed by atoms with Crippen LogP contribution in [0.5, 0.6) is 0 Å². The van der Waals surface area contributed by atoms with E-state index < -0.39 is 110 Å². The monoisotopic (exact) mass is 1890 g/mol. The fraction of sp³-hybridized carbons (Fsp3) is 0.493. The van der Waals surface area contributed by atoms with E-state index in [0.29, 0.717) is 21.7 Å². The van der Waals surface area contributed by atoms with Gasteiger partial charge in [0, 0.05) is 42.9 Å². The lowest BCUT2D eigenvalue weighted by Gasteiger charge is -2.36. The van der Waals surface area contributed by atoms with Gasteiger partial charge in [0.1, 0.15) is 19.2 Å². The zero-order valence-electron chi connectivity index (χ0n) is 71.2. The molecular weight excluding hydrogens is 1760 g/mol. The van der Waals surface area contributed by atoms with E-state index in [4.69, 9.17) is 76.1 Å². The number of hydrogen-bond donors (Lipinski definition) is 9. The third-order valence-electron chi connectivity index (χ3n) is 16.8. The Labute approximate surface area is 722 Å². The average molecular weight is 1890 g/mol. The van der Waals surface area contributed by atoms with Crippen LogP contribution in [-0.4, -0.2) is 153 Å². The molecule has 0 spiro atoms. The van der Waals surface area contributed by atoms with Crippen LogP contribution in [0, 0.1) is 0 Å². The molecule has 1 aliphatic heterocycles. The molecule has 1 heterocycles. The van der Waals surface area contributed by atoms with Gasteiger partial charge >= 0.3 is 0 Å². The zero-order chi connectivity index (χ0) is 92.0. The summed E-state index contributed by atoms with van der Waals surface area (Å²) in [5.41, 5.74) is 11.3. The third-order valence-corrected chi connectivity index (χ3v) is 33.6.